The molecule has 0 aliphatic heterocycles. The highest BCUT2D eigenvalue weighted by atomic mass is 79.9. The van der Waals surface area contributed by atoms with Crippen molar-refractivity contribution in [2.75, 3.05) is 13.7 Å². The molecule has 2 nitrogen and oxygen atoms in total. The minimum Gasteiger partial charge on any atom is -0.374 e. The molecule has 1 N–H and O–H groups in total. The third-order valence-electron chi connectivity index (χ3n) is 3.09. The highest BCUT2D eigenvalue weighted by molar-refractivity contribution is 9.10. The highest BCUT2D eigenvalue weighted by Crippen LogP contribution is 2.23. The van der Waals surface area contributed by atoms with E-state index in [1.54, 1.807) is 0 Å². The molecule has 0 spiro atoms. The molecule has 0 aliphatic carbocycles. The lowest BCUT2D eigenvalue weighted by Gasteiger charge is -2.34. The molecule has 1 aromatic carbocycles. The van der Waals surface area contributed by atoms with Crippen molar-refractivity contribution in [1.29, 1.82) is 0 Å². The van der Waals surface area contributed by atoms with Gasteiger partial charge in [0.25, 0.3) is 0 Å². The van der Waals surface area contributed by atoms with Crippen molar-refractivity contribution < 1.29 is 4.74 Å². The lowest BCUT2D eigenvalue weighted by molar-refractivity contribution is -0.0363. The summed E-state index contributed by atoms with van der Waals surface area (Å²) in [6.07, 6.45) is 0.949. The second-order valence-electron chi connectivity index (χ2n) is 4.67. The molecule has 0 fully saturated rings. The summed E-state index contributed by atoms with van der Waals surface area (Å²) in [4.78, 5) is 0. The zero-order valence-electron chi connectivity index (χ0n) is 11.1. The number of ether oxygens (including phenoxy) is 1. The molecule has 96 valence electrons. The van der Waals surface area contributed by atoms with Crippen LogP contribution in [-0.2, 0) is 11.2 Å². The minimum atomic E-state index is -0.168. The molecular formula is C14H22BrNO. The Bertz CT molecular complexity index is 352. The summed E-state index contributed by atoms with van der Waals surface area (Å²) < 4.78 is 6.98. The van der Waals surface area contributed by atoms with Crippen molar-refractivity contribution in [3.8, 4) is 0 Å². The zero-order chi connectivity index (χ0) is 12.9. The molecular weight excluding hydrogens is 278 g/mol. The molecule has 0 heterocycles. The van der Waals surface area contributed by atoms with Gasteiger partial charge in [-0.3, -0.25) is 0 Å². The lowest BCUT2D eigenvalue weighted by atomic mass is 9.92. The average Bonchev–Trinajstić information content (AvgIpc) is 2.27. The van der Waals surface area contributed by atoms with E-state index in [0.29, 0.717) is 6.04 Å². The predicted octanol–water partition coefficient (Wildman–Crippen LogP) is 3.39. The molecule has 1 aromatic rings. The number of benzene rings is 1. The first-order valence-corrected chi connectivity index (χ1v) is 6.85. The van der Waals surface area contributed by atoms with Gasteiger partial charge >= 0.3 is 0 Å². The van der Waals surface area contributed by atoms with Crippen LogP contribution < -0.4 is 5.32 Å². The second-order valence-corrected chi connectivity index (χ2v) is 5.53. The van der Waals surface area contributed by atoms with E-state index in [-0.39, 0.29) is 5.60 Å². The smallest absolute Gasteiger partial charge is 0.0781 e. The van der Waals surface area contributed by atoms with Crippen LogP contribution in [0.15, 0.2) is 28.7 Å². The Hall–Kier alpha value is -0.380. The van der Waals surface area contributed by atoms with Gasteiger partial charge in [-0.15, -0.1) is 0 Å². The summed E-state index contributed by atoms with van der Waals surface area (Å²) in [6.45, 7) is 7.04. The Morgan fingerprint density at radius 3 is 2.53 bits per heavy atom. The maximum atomic E-state index is 5.82. The molecule has 0 amide bonds. The van der Waals surface area contributed by atoms with E-state index >= 15 is 0 Å². The van der Waals surface area contributed by atoms with E-state index in [1.165, 1.54) is 5.56 Å². The lowest BCUT2D eigenvalue weighted by Crippen LogP contribution is -2.48. The van der Waals surface area contributed by atoms with Crippen molar-refractivity contribution in [3.63, 3.8) is 0 Å². The Kier molecular flexibility index (Phi) is 5.63. The molecule has 0 aromatic heterocycles. The van der Waals surface area contributed by atoms with Crippen LogP contribution in [0, 0.1) is 0 Å². The van der Waals surface area contributed by atoms with Crippen LogP contribution in [0.5, 0.6) is 0 Å². The van der Waals surface area contributed by atoms with Gasteiger partial charge in [-0.2, -0.15) is 0 Å². The Labute approximate surface area is 113 Å². The van der Waals surface area contributed by atoms with Crippen molar-refractivity contribution in [2.45, 2.75) is 38.8 Å². The predicted molar refractivity (Wildman–Crippen MR) is 76.4 cm³/mol. The van der Waals surface area contributed by atoms with Gasteiger partial charge in [0, 0.05) is 17.1 Å². The molecule has 0 bridgehead atoms. The largest absolute Gasteiger partial charge is 0.374 e. The van der Waals surface area contributed by atoms with Gasteiger partial charge in [0.15, 0.2) is 0 Å². The Balaban J connectivity index is 2.80. The van der Waals surface area contributed by atoms with Crippen LogP contribution in [0.2, 0.25) is 0 Å². The van der Waals surface area contributed by atoms with Gasteiger partial charge < -0.3 is 10.1 Å². The number of nitrogens with one attached hydrogen (secondary N) is 1. The first-order chi connectivity index (χ1) is 8.01. The number of halogens is 1. The first kappa shape index (κ1) is 14.7. The Morgan fingerprint density at radius 2 is 2.00 bits per heavy atom. The number of hydrogen-bond acceptors (Lipinski definition) is 2. The van der Waals surface area contributed by atoms with Gasteiger partial charge in [-0.1, -0.05) is 34.1 Å². The molecule has 1 atom stereocenters. The quantitative estimate of drug-likeness (QED) is 0.869. The second kappa shape index (κ2) is 6.53. The molecule has 0 saturated heterocycles. The summed E-state index contributed by atoms with van der Waals surface area (Å²) in [5.41, 5.74) is 1.14. The molecule has 0 saturated carbocycles. The van der Waals surface area contributed by atoms with Crippen LogP contribution in [0.1, 0.15) is 26.3 Å². The SMILES string of the molecule is CCOC(C)(C)C(Cc1ccccc1Br)NC. The fraction of sp³-hybridized carbons (Fsp3) is 0.571. The zero-order valence-corrected chi connectivity index (χ0v) is 12.7. The maximum absolute atomic E-state index is 5.82. The molecule has 0 aliphatic rings. The van der Waals surface area contributed by atoms with Crippen LogP contribution in [0.4, 0.5) is 0 Å². The van der Waals surface area contributed by atoms with Crippen molar-refractivity contribution in [1.82, 2.24) is 5.32 Å². The Morgan fingerprint density at radius 1 is 1.35 bits per heavy atom. The maximum Gasteiger partial charge on any atom is 0.0781 e. The molecule has 0 radical (unpaired) electrons. The number of likely N-dealkylation sites (N-methyl/N-ethyl adjacent to an activating group) is 1. The standard InChI is InChI=1S/C14H22BrNO/c1-5-17-14(2,3)13(16-4)10-11-8-6-7-9-12(11)15/h6-9,13,16H,5,10H2,1-4H3. The van der Waals surface area contributed by atoms with Gasteiger partial charge in [0.1, 0.15) is 0 Å². The van der Waals surface area contributed by atoms with E-state index in [0.717, 1.165) is 17.5 Å². The van der Waals surface area contributed by atoms with Gasteiger partial charge in [0.05, 0.1) is 5.60 Å². The molecule has 3 heteroatoms. The van der Waals surface area contributed by atoms with Gasteiger partial charge in [-0.25, -0.2) is 0 Å². The molecule has 17 heavy (non-hydrogen) atoms. The molecule has 1 rings (SSSR count). The van der Waals surface area contributed by atoms with E-state index in [4.69, 9.17) is 4.74 Å². The van der Waals surface area contributed by atoms with Crippen molar-refractivity contribution in [3.05, 3.63) is 34.3 Å². The van der Waals surface area contributed by atoms with Gasteiger partial charge in [-0.05, 0) is 45.9 Å². The number of rotatable bonds is 6. The topological polar surface area (TPSA) is 21.3 Å². The monoisotopic (exact) mass is 299 g/mol. The highest BCUT2D eigenvalue weighted by Gasteiger charge is 2.29. The van der Waals surface area contributed by atoms with Crippen LogP contribution in [0.3, 0.4) is 0 Å². The van der Waals surface area contributed by atoms with Crippen LogP contribution in [0.25, 0.3) is 0 Å². The third-order valence-corrected chi connectivity index (χ3v) is 3.86. The fourth-order valence-corrected chi connectivity index (χ4v) is 2.50. The van der Waals surface area contributed by atoms with E-state index in [9.17, 15) is 0 Å². The van der Waals surface area contributed by atoms with Crippen LogP contribution in [-0.4, -0.2) is 25.3 Å². The van der Waals surface area contributed by atoms with E-state index < -0.39 is 0 Å². The molecule has 1 unspecified atom stereocenters. The number of hydrogen-bond donors (Lipinski definition) is 1. The minimum absolute atomic E-state index is 0.168. The van der Waals surface area contributed by atoms with Crippen LogP contribution >= 0.6 is 15.9 Å². The van der Waals surface area contributed by atoms with Crippen molar-refractivity contribution >= 4 is 15.9 Å². The summed E-state index contributed by atoms with van der Waals surface area (Å²) in [7, 11) is 1.99. The van der Waals surface area contributed by atoms with E-state index in [2.05, 4.69) is 53.3 Å². The first-order valence-electron chi connectivity index (χ1n) is 6.06. The van der Waals surface area contributed by atoms with E-state index in [1.807, 2.05) is 20.0 Å². The summed E-state index contributed by atoms with van der Waals surface area (Å²) in [5, 5.41) is 3.36. The third kappa shape index (κ3) is 4.09. The summed E-state index contributed by atoms with van der Waals surface area (Å²) in [6, 6.07) is 8.63. The van der Waals surface area contributed by atoms with Crippen molar-refractivity contribution in [2.24, 2.45) is 0 Å². The van der Waals surface area contributed by atoms with Gasteiger partial charge in [0.2, 0.25) is 0 Å². The fourth-order valence-electron chi connectivity index (χ4n) is 2.05. The summed E-state index contributed by atoms with van der Waals surface area (Å²) >= 11 is 3.59. The average molecular weight is 300 g/mol. The summed E-state index contributed by atoms with van der Waals surface area (Å²) in [5.74, 6) is 0. The normalized spacial score (nSPS) is 13.7.